The molecule has 2 heterocycles. The Morgan fingerprint density at radius 1 is 0.903 bits per heavy atom. The van der Waals surface area contributed by atoms with Gasteiger partial charge in [-0.15, -0.1) is 5.11 Å². The fraction of sp³-hybridized carbons (Fsp3) is 0.100. The Balaban J connectivity index is 1.50. The Morgan fingerprint density at radius 3 is 2.32 bits per heavy atom. The number of anilines is 3. The number of aryl methyl sites for hydroxylation is 2. The van der Waals surface area contributed by atoms with Crippen LogP contribution in [-0.4, -0.2) is 18.7 Å². The maximum Gasteiger partial charge on any atom is 0.263 e. The summed E-state index contributed by atoms with van der Waals surface area (Å²) in [5, 5.41) is 19.1. The van der Waals surface area contributed by atoms with Crippen molar-refractivity contribution in [1.82, 2.24) is 10.3 Å². The first-order chi connectivity index (χ1) is 14.9. The molecular formula is C20H18N6O4S. The molecule has 4 rings (SSSR count). The fourth-order valence-electron chi connectivity index (χ4n) is 2.64. The highest BCUT2D eigenvalue weighted by molar-refractivity contribution is 7.92. The second-order valence-electron chi connectivity index (χ2n) is 6.55. The van der Waals surface area contributed by atoms with E-state index in [2.05, 4.69) is 30.6 Å². The average Bonchev–Trinajstić information content (AvgIpc) is 3.32. The monoisotopic (exact) mass is 438 g/mol. The molecule has 2 aromatic heterocycles. The molecule has 0 fully saturated rings. The molecule has 0 atom stereocenters. The van der Waals surface area contributed by atoms with Crippen molar-refractivity contribution < 1.29 is 17.5 Å². The number of benzene rings is 2. The molecule has 158 valence electrons. The van der Waals surface area contributed by atoms with Crippen LogP contribution < -0.4 is 10.0 Å². The van der Waals surface area contributed by atoms with E-state index in [1.807, 2.05) is 30.3 Å². The Hall–Kier alpha value is -3.99. The molecule has 0 unspecified atom stereocenters. The van der Waals surface area contributed by atoms with Crippen LogP contribution in [-0.2, 0) is 10.0 Å². The lowest BCUT2D eigenvalue weighted by Gasteiger charge is -2.04. The van der Waals surface area contributed by atoms with Crippen molar-refractivity contribution in [3.05, 3.63) is 72.2 Å². The average molecular weight is 438 g/mol. The Kier molecular flexibility index (Phi) is 5.50. The number of rotatable bonds is 7. The zero-order valence-electron chi connectivity index (χ0n) is 16.6. The number of hydrogen-bond donors (Lipinski definition) is 2. The summed E-state index contributed by atoms with van der Waals surface area (Å²) in [6.45, 7) is 3.40. The van der Waals surface area contributed by atoms with E-state index in [-0.39, 0.29) is 10.7 Å². The minimum Gasteiger partial charge on any atom is -0.360 e. The van der Waals surface area contributed by atoms with Crippen LogP contribution in [0.25, 0.3) is 0 Å². The molecule has 0 bridgehead atoms. The molecule has 10 nitrogen and oxygen atoms in total. The van der Waals surface area contributed by atoms with Gasteiger partial charge in [-0.05, 0) is 50.2 Å². The van der Waals surface area contributed by atoms with Crippen molar-refractivity contribution in [2.75, 3.05) is 10.0 Å². The molecule has 2 N–H and O–H groups in total. The van der Waals surface area contributed by atoms with Gasteiger partial charge in [0.25, 0.3) is 10.0 Å². The van der Waals surface area contributed by atoms with Crippen molar-refractivity contribution in [2.24, 2.45) is 10.2 Å². The number of sulfonamides is 1. The highest BCUT2D eigenvalue weighted by atomic mass is 32.2. The van der Waals surface area contributed by atoms with Crippen molar-refractivity contribution in [3.8, 4) is 0 Å². The zero-order chi connectivity index (χ0) is 21.8. The second kappa shape index (κ2) is 8.40. The van der Waals surface area contributed by atoms with Gasteiger partial charge in [-0.3, -0.25) is 4.72 Å². The van der Waals surface area contributed by atoms with Crippen LogP contribution in [0.15, 0.2) is 84.8 Å². The summed E-state index contributed by atoms with van der Waals surface area (Å²) in [5.41, 5.74) is 1.74. The number of hydrogen-bond acceptors (Lipinski definition) is 9. The molecule has 0 spiro atoms. The summed E-state index contributed by atoms with van der Waals surface area (Å²) in [6, 6.07) is 16.9. The van der Waals surface area contributed by atoms with Crippen molar-refractivity contribution in [3.63, 3.8) is 0 Å². The zero-order valence-corrected chi connectivity index (χ0v) is 17.4. The van der Waals surface area contributed by atoms with E-state index < -0.39 is 10.0 Å². The van der Waals surface area contributed by atoms with Crippen LogP contribution in [0.2, 0.25) is 0 Å². The number of nitrogens with one attached hydrogen (secondary N) is 2. The molecule has 0 aliphatic rings. The second-order valence-corrected chi connectivity index (χ2v) is 8.23. The molecule has 0 aliphatic heterocycles. The third kappa shape index (κ3) is 4.78. The van der Waals surface area contributed by atoms with E-state index in [0.717, 1.165) is 5.69 Å². The molecule has 0 saturated heterocycles. The van der Waals surface area contributed by atoms with Crippen LogP contribution in [0.5, 0.6) is 0 Å². The van der Waals surface area contributed by atoms with E-state index in [0.29, 0.717) is 28.7 Å². The quantitative estimate of drug-likeness (QED) is 0.377. The predicted octanol–water partition coefficient (Wildman–Crippen LogP) is 5.24. The van der Waals surface area contributed by atoms with Crippen molar-refractivity contribution in [1.29, 1.82) is 0 Å². The minimum atomic E-state index is -3.80. The van der Waals surface area contributed by atoms with Crippen LogP contribution in [0, 0.1) is 13.8 Å². The van der Waals surface area contributed by atoms with E-state index in [4.69, 9.17) is 9.05 Å². The van der Waals surface area contributed by atoms with Gasteiger partial charge in [-0.2, -0.15) is 5.11 Å². The van der Waals surface area contributed by atoms with Crippen molar-refractivity contribution >= 4 is 38.7 Å². The van der Waals surface area contributed by atoms with E-state index in [1.165, 1.54) is 18.2 Å². The van der Waals surface area contributed by atoms with Crippen molar-refractivity contribution in [2.45, 2.75) is 18.7 Å². The minimum absolute atomic E-state index is 0.0553. The standard InChI is InChI=1S/C20H18N6O4S/c1-13-12-18(24-29-13)26-31(27,28)17-10-8-16(9-11-17)22-23-19-14(2)30-25-20(19)21-15-6-4-3-5-7-15/h3-12H,1-2H3,(H,21,25)(H,24,26). The van der Waals surface area contributed by atoms with Gasteiger partial charge in [0.1, 0.15) is 5.76 Å². The number of nitrogens with zero attached hydrogens (tertiary/aromatic N) is 4. The Morgan fingerprint density at radius 2 is 1.65 bits per heavy atom. The summed E-state index contributed by atoms with van der Waals surface area (Å²) in [7, 11) is -3.80. The van der Waals surface area contributed by atoms with Gasteiger partial charge in [0, 0.05) is 11.8 Å². The molecule has 0 radical (unpaired) electrons. The Labute approximate surface area is 178 Å². The van der Waals surface area contributed by atoms with Crippen LogP contribution in [0.4, 0.5) is 28.7 Å². The van der Waals surface area contributed by atoms with Gasteiger partial charge in [0.05, 0.1) is 10.6 Å². The van der Waals surface area contributed by atoms with Gasteiger partial charge in [0.2, 0.25) is 5.82 Å². The molecule has 0 aliphatic carbocycles. The third-order valence-electron chi connectivity index (χ3n) is 4.15. The molecule has 0 saturated carbocycles. The first kappa shape index (κ1) is 20.3. The largest absolute Gasteiger partial charge is 0.360 e. The first-order valence-corrected chi connectivity index (χ1v) is 10.7. The molecule has 4 aromatic rings. The summed E-state index contributed by atoms with van der Waals surface area (Å²) in [5.74, 6) is 1.54. The molecule has 31 heavy (non-hydrogen) atoms. The SMILES string of the molecule is Cc1cc(NS(=O)(=O)c2ccc(N=Nc3c(Nc4ccccc4)noc3C)cc2)no1. The highest BCUT2D eigenvalue weighted by Crippen LogP contribution is 2.32. The maximum atomic E-state index is 12.5. The predicted molar refractivity (Wildman–Crippen MR) is 114 cm³/mol. The lowest BCUT2D eigenvalue weighted by molar-refractivity contribution is 0.400. The lowest BCUT2D eigenvalue weighted by Crippen LogP contribution is -2.12. The number of azo groups is 1. The van der Waals surface area contributed by atoms with Crippen LogP contribution >= 0.6 is 0 Å². The van der Waals surface area contributed by atoms with Gasteiger partial charge < -0.3 is 14.4 Å². The van der Waals surface area contributed by atoms with Crippen LogP contribution in [0.1, 0.15) is 11.5 Å². The maximum absolute atomic E-state index is 12.5. The van der Waals surface area contributed by atoms with Gasteiger partial charge in [-0.1, -0.05) is 28.5 Å². The normalized spacial score (nSPS) is 11.7. The lowest BCUT2D eigenvalue weighted by atomic mass is 10.3. The van der Waals surface area contributed by atoms with Gasteiger partial charge >= 0.3 is 0 Å². The van der Waals surface area contributed by atoms with Gasteiger partial charge in [-0.25, -0.2) is 8.42 Å². The highest BCUT2D eigenvalue weighted by Gasteiger charge is 2.16. The third-order valence-corrected chi connectivity index (χ3v) is 5.52. The van der Waals surface area contributed by atoms with E-state index in [1.54, 1.807) is 26.0 Å². The smallest absolute Gasteiger partial charge is 0.263 e. The molecule has 2 aromatic carbocycles. The summed E-state index contributed by atoms with van der Waals surface area (Å²) in [6.07, 6.45) is 0. The summed E-state index contributed by atoms with van der Waals surface area (Å²) in [4.78, 5) is 0.0553. The topological polar surface area (TPSA) is 135 Å². The van der Waals surface area contributed by atoms with Crippen LogP contribution in [0.3, 0.4) is 0 Å². The fourth-order valence-corrected chi connectivity index (χ4v) is 3.62. The first-order valence-electron chi connectivity index (χ1n) is 9.17. The van der Waals surface area contributed by atoms with E-state index in [9.17, 15) is 8.42 Å². The summed E-state index contributed by atoms with van der Waals surface area (Å²) < 4.78 is 37.3. The molecule has 0 amide bonds. The summed E-state index contributed by atoms with van der Waals surface area (Å²) >= 11 is 0. The number of para-hydroxylation sites is 1. The number of aromatic nitrogens is 2. The van der Waals surface area contributed by atoms with E-state index >= 15 is 0 Å². The molecular weight excluding hydrogens is 420 g/mol. The molecule has 11 heteroatoms. The Bertz CT molecular complexity index is 1310. The van der Waals surface area contributed by atoms with Gasteiger partial charge in [0.15, 0.2) is 17.3 Å².